The minimum atomic E-state index is -0.197. The van der Waals surface area contributed by atoms with Gasteiger partial charge in [-0.2, -0.15) is 0 Å². The second kappa shape index (κ2) is 4.97. The lowest BCUT2D eigenvalue weighted by Crippen LogP contribution is -2.09. The zero-order valence-corrected chi connectivity index (χ0v) is 8.27. The lowest BCUT2D eigenvalue weighted by molar-refractivity contribution is 0.152. The molecule has 2 heteroatoms. The van der Waals surface area contributed by atoms with Gasteiger partial charge in [0.1, 0.15) is 0 Å². The van der Waals surface area contributed by atoms with Crippen LogP contribution in [0.25, 0.3) is 0 Å². The van der Waals surface area contributed by atoms with E-state index in [4.69, 9.17) is 0 Å². The summed E-state index contributed by atoms with van der Waals surface area (Å²) in [5.74, 6) is 0.344. The van der Waals surface area contributed by atoms with E-state index in [1.165, 1.54) is 0 Å². The molecular weight excluding hydrogens is 162 g/mol. The Morgan fingerprint density at radius 3 is 2.77 bits per heavy atom. The van der Waals surface area contributed by atoms with Crippen LogP contribution in [0.5, 0.6) is 0 Å². The average Bonchev–Trinajstić information content (AvgIpc) is 2.19. The van der Waals surface area contributed by atoms with E-state index in [-0.39, 0.29) is 6.10 Å². The summed E-state index contributed by atoms with van der Waals surface area (Å²) >= 11 is 0. The van der Waals surface area contributed by atoms with Crippen LogP contribution in [0, 0.1) is 0 Å². The molecule has 13 heavy (non-hydrogen) atoms. The van der Waals surface area contributed by atoms with E-state index in [0.29, 0.717) is 5.92 Å². The summed E-state index contributed by atoms with van der Waals surface area (Å²) in [6.45, 7) is 4.09. The van der Waals surface area contributed by atoms with E-state index < -0.39 is 0 Å². The Kier molecular flexibility index (Phi) is 3.90. The fourth-order valence-corrected chi connectivity index (χ4v) is 1.36. The largest absolute Gasteiger partial charge is 0.393 e. The third-order valence-corrected chi connectivity index (χ3v) is 2.29. The number of hydrogen-bond donors (Lipinski definition) is 1. The lowest BCUT2D eigenvalue weighted by atomic mass is 9.98. The molecular formula is C11H17NO. The molecule has 1 aromatic heterocycles. The van der Waals surface area contributed by atoms with Crippen LogP contribution in [-0.4, -0.2) is 16.2 Å². The van der Waals surface area contributed by atoms with Gasteiger partial charge in [0, 0.05) is 17.8 Å². The highest BCUT2D eigenvalue weighted by molar-refractivity contribution is 5.08. The van der Waals surface area contributed by atoms with Crippen LogP contribution >= 0.6 is 0 Å². The van der Waals surface area contributed by atoms with Gasteiger partial charge in [0.25, 0.3) is 0 Å². The minimum Gasteiger partial charge on any atom is -0.393 e. The first kappa shape index (κ1) is 10.2. The van der Waals surface area contributed by atoms with Crippen LogP contribution in [-0.2, 0) is 0 Å². The molecule has 0 aromatic carbocycles. The minimum absolute atomic E-state index is 0.197. The number of pyridine rings is 1. The van der Waals surface area contributed by atoms with Crippen molar-refractivity contribution in [3.8, 4) is 0 Å². The first-order valence-electron chi connectivity index (χ1n) is 4.83. The van der Waals surface area contributed by atoms with Crippen molar-refractivity contribution < 1.29 is 5.11 Å². The molecule has 0 saturated carbocycles. The van der Waals surface area contributed by atoms with Crippen molar-refractivity contribution in [2.45, 2.75) is 38.7 Å². The first-order valence-corrected chi connectivity index (χ1v) is 4.83. The number of aliphatic hydroxyl groups is 1. The fourth-order valence-electron chi connectivity index (χ4n) is 1.36. The molecule has 0 saturated heterocycles. The molecule has 1 heterocycles. The number of aromatic nitrogens is 1. The summed E-state index contributed by atoms with van der Waals surface area (Å²) in [6.07, 6.45) is 3.21. The summed E-state index contributed by atoms with van der Waals surface area (Å²) in [5.41, 5.74) is 1.06. The maximum Gasteiger partial charge on any atom is 0.0544 e. The molecule has 0 amide bonds. The summed E-state index contributed by atoms with van der Waals surface area (Å²) in [6, 6.07) is 5.90. The second-order valence-corrected chi connectivity index (χ2v) is 3.45. The fraction of sp³-hybridized carbons (Fsp3) is 0.545. The molecule has 0 bridgehead atoms. The van der Waals surface area contributed by atoms with E-state index >= 15 is 0 Å². The summed E-state index contributed by atoms with van der Waals surface area (Å²) in [5, 5.41) is 9.46. The van der Waals surface area contributed by atoms with Gasteiger partial charge >= 0.3 is 0 Å². The Morgan fingerprint density at radius 1 is 1.46 bits per heavy atom. The van der Waals surface area contributed by atoms with E-state index in [1.807, 2.05) is 25.1 Å². The molecule has 2 nitrogen and oxygen atoms in total. The van der Waals surface area contributed by atoms with E-state index in [1.54, 1.807) is 6.20 Å². The van der Waals surface area contributed by atoms with Gasteiger partial charge in [-0.1, -0.05) is 19.9 Å². The first-order chi connectivity index (χ1) is 6.24. The Balaban J connectivity index is 2.53. The molecule has 1 N–H and O–H groups in total. The maximum absolute atomic E-state index is 9.46. The lowest BCUT2D eigenvalue weighted by Gasteiger charge is -2.14. The number of aliphatic hydroxyl groups excluding tert-OH is 1. The van der Waals surface area contributed by atoms with Crippen molar-refractivity contribution in [3.05, 3.63) is 30.1 Å². The normalized spacial score (nSPS) is 15.3. The smallest absolute Gasteiger partial charge is 0.0544 e. The predicted octanol–water partition coefficient (Wildman–Crippen LogP) is 2.35. The van der Waals surface area contributed by atoms with Crippen LogP contribution in [0.2, 0.25) is 0 Å². The van der Waals surface area contributed by atoms with Gasteiger partial charge in [-0.3, -0.25) is 4.98 Å². The predicted molar refractivity (Wildman–Crippen MR) is 53.6 cm³/mol. The van der Waals surface area contributed by atoms with Crippen molar-refractivity contribution >= 4 is 0 Å². The van der Waals surface area contributed by atoms with E-state index in [2.05, 4.69) is 11.9 Å². The molecule has 0 aliphatic heterocycles. The SMILES string of the molecule is CCC(O)CC(C)c1ccccn1. The summed E-state index contributed by atoms with van der Waals surface area (Å²) in [7, 11) is 0. The monoisotopic (exact) mass is 179 g/mol. The highest BCUT2D eigenvalue weighted by atomic mass is 16.3. The summed E-state index contributed by atoms with van der Waals surface area (Å²) < 4.78 is 0. The highest BCUT2D eigenvalue weighted by Crippen LogP contribution is 2.18. The Hall–Kier alpha value is -0.890. The molecule has 2 atom stereocenters. The maximum atomic E-state index is 9.46. The van der Waals surface area contributed by atoms with Crippen molar-refractivity contribution in [3.63, 3.8) is 0 Å². The van der Waals surface area contributed by atoms with Gasteiger partial charge in [-0.05, 0) is 25.0 Å². The van der Waals surface area contributed by atoms with Crippen molar-refractivity contribution in [1.29, 1.82) is 0 Å². The summed E-state index contributed by atoms with van der Waals surface area (Å²) in [4.78, 5) is 4.25. The Morgan fingerprint density at radius 2 is 2.23 bits per heavy atom. The van der Waals surface area contributed by atoms with Gasteiger partial charge in [0.05, 0.1) is 6.10 Å². The van der Waals surface area contributed by atoms with Crippen molar-refractivity contribution in [1.82, 2.24) is 4.98 Å². The highest BCUT2D eigenvalue weighted by Gasteiger charge is 2.10. The molecule has 1 aromatic rings. The Bertz CT molecular complexity index is 235. The van der Waals surface area contributed by atoms with Crippen molar-refractivity contribution in [2.75, 3.05) is 0 Å². The van der Waals surface area contributed by atoms with Crippen LogP contribution in [0.3, 0.4) is 0 Å². The Labute approximate surface area is 79.6 Å². The number of hydrogen-bond acceptors (Lipinski definition) is 2. The number of rotatable bonds is 4. The number of nitrogens with zero attached hydrogens (tertiary/aromatic N) is 1. The van der Waals surface area contributed by atoms with Crippen LogP contribution in [0.4, 0.5) is 0 Å². The zero-order chi connectivity index (χ0) is 9.68. The van der Waals surface area contributed by atoms with Gasteiger partial charge in [0.2, 0.25) is 0 Å². The third-order valence-electron chi connectivity index (χ3n) is 2.29. The standard InChI is InChI=1S/C11H17NO/c1-3-10(13)8-9(2)11-6-4-5-7-12-11/h4-7,9-10,13H,3,8H2,1-2H3. The van der Waals surface area contributed by atoms with Gasteiger partial charge < -0.3 is 5.11 Å². The zero-order valence-electron chi connectivity index (χ0n) is 8.27. The van der Waals surface area contributed by atoms with E-state index in [9.17, 15) is 5.11 Å². The topological polar surface area (TPSA) is 33.1 Å². The van der Waals surface area contributed by atoms with Crippen molar-refractivity contribution in [2.24, 2.45) is 0 Å². The molecule has 2 unspecified atom stereocenters. The van der Waals surface area contributed by atoms with Gasteiger partial charge in [0.15, 0.2) is 0 Å². The molecule has 0 fully saturated rings. The average molecular weight is 179 g/mol. The second-order valence-electron chi connectivity index (χ2n) is 3.45. The molecule has 72 valence electrons. The van der Waals surface area contributed by atoms with Crippen LogP contribution in [0.1, 0.15) is 38.3 Å². The third kappa shape index (κ3) is 3.15. The van der Waals surface area contributed by atoms with Crippen LogP contribution < -0.4 is 0 Å². The molecule has 0 spiro atoms. The molecule has 0 aliphatic carbocycles. The quantitative estimate of drug-likeness (QED) is 0.769. The van der Waals surface area contributed by atoms with Crippen LogP contribution in [0.15, 0.2) is 24.4 Å². The van der Waals surface area contributed by atoms with Gasteiger partial charge in [-0.25, -0.2) is 0 Å². The molecule has 1 rings (SSSR count). The van der Waals surface area contributed by atoms with Gasteiger partial charge in [-0.15, -0.1) is 0 Å². The van der Waals surface area contributed by atoms with E-state index in [0.717, 1.165) is 18.5 Å². The molecule has 0 aliphatic rings. The molecule has 0 radical (unpaired) electrons.